The number of rotatable bonds is 5. The molecule has 0 amide bonds. The first-order valence-corrected chi connectivity index (χ1v) is 28.8. The Hall–Kier alpha value is -1.84. The van der Waals surface area contributed by atoms with Crippen molar-refractivity contribution < 1.29 is 24.4 Å². The summed E-state index contributed by atoms with van der Waals surface area (Å²) in [5.74, 6) is -1.55. The molecule has 0 fully saturated rings. The fourth-order valence-electron chi connectivity index (χ4n) is 6.74. The average molecular weight is 612 g/mol. The van der Waals surface area contributed by atoms with E-state index < -0.39 is 21.5 Å². The van der Waals surface area contributed by atoms with E-state index in [2.05, 4.69) is 75.5 Å². The third-order valence-electron chi connectivity index (χ3n) is 8.43. The Morgan fingerprint density at radius 1 is 0.694 bits per heavy atom. The molecule has 2 aromatic carbocycles. The molecule has 2 heterocycles. The molecule has 0 saturated heterocycles. The predicted octanol–water partition coefficient (Wildman–Crippen LogP) is 9.80. The monoisotopic (exact) mass is 609 g/mol. The molecule has 0 saturated carbocycles. The van der Waals surface area contributed by atoms with E-state index in [9.17, 15) is 0 Å². The summed E-state index contributed by atoms with van der Waals surface area (Å²) in [6, 6.07) is 17.2. The van der Waals surface area contributed by atoms with Crippen molar-refractivity contribution in [2.24, 2.45) is 0 Å². The van der Waals surface area contributed by atoms with Crippen molar-refractivity contribution in [3.63, 3.8) is 0 Å². The number of benzene rings is 2. The van der Waals surface area contributed by atoms with E-state index in [1.54, 1.807) is 12.5 Å². The summed E-state index contributed by atoms with van der Waals surface area (Å²) < 4.78 is 11.0. The fraction of sp³-hybridized carbons (Fsp3) is 0.200. The van der Waals surface area contributed by atoms with Crippen LogP contribution in [0.3, 0.4) is 0 Å². The van der Waals surface area contributed by atoms with Gasteiger partial charge in [-0.05, 0) is 0 Å². The summed E-state index contributed by atoms with van der Waals surface area (Å²) in [5.41, 5.74) is 12.2. The van der Waals surface area contributed by atoms with Crippen molar-refractivity contribution in [1.29, 1.82) is 0 Å². The molecule has 6 heteroatoms. The van der Waals surface area contributed by atoms with Crippen LogP contribution in [0.1, 0.15) is 43.4 Å². The van der Waals surface area contributed by atoms with Crippen LogP contribution in [-0.2, 0) is 15.6 Å². The summed E-state index contributed by atoms with van der Waals surface area (Å²) in [6.07, 6.45) is 11.7. The van der Waals surface area contributed by atoms with Gasteiger partial charge in [-0.25, -0.2) is 0 Å². The van der Waals surface area contributed by atoms with E-state index in [1.807, 2.05) is 24.7 Å². The van der Waals surface area contributed by atoms with Crippen LogP contribution in [0.15, 0.2) is 93.6 Å². The van der Waals surface area contributed by atoms with Gasteiger partial charge in [-0.3, -0.25) is 0 Å². The van der Waals surface area contributed by atoms with Crippen molar-refractivity contribution in [3.8, 4) is 22.3 Å². The van der Waals surface area contributed by atoms with Crippen LogP contribution in [0.4, 0.5) is 0 Å². The van der Waals surface area contributed by atoms with Crippen LogP contribution < -0.4 is 0 Å². The van der Waals surface area contributed by atoms with E-state index in [1.165, 1.54) is 44.5 Å². The van der Waals surface area contributed by atoms with E-state index in [0.29, 0.717) is 0 Å². The van der Waals surface area contributed by atoms with Gasteiger partial charge >= 0.3 is 223 Å². The number of furan rings is 2. The molecule has 0 bridgehead atoms. The molecule has 2 aliphatic rings. The van der Waals surface area contributed by atoms with Crippen LogP contribution in [0.2, 0.25) is 13.1 Å². The normalized spacial score (nSPS) is 20.0. The number of hydrogen-bond donors (Lipinski definition) is 0. The van der Waals surface area contributed by atoms with Crippen molar-refractivity contribution in [3.05, 3.63) is 107 Å². The molecule has 2 nitrogen and oxygen atoms in total. The van der Waals surface area contributed by atoms with Crippen molar-refractivity contribution in [2.45, 2.75) is 34.2 Å². The van der Waals surface area contributed by atoms with Crippen LogP contribution in [0, 0.1) is 0 Å². The number of allylic oxidation sites excluding steroid dienone is 2. The molecule has 2 atom stereocenters. The first-order chi connectivity index (χ1) is 17.2. The summed E-state index contributed by atoms with van der Waals surface area (Å²) in [5, 5.41) is 0. The second-order valence-electron chi connectivity index (χ2n) is 10.7. The van der Waals surface area contributed by atoms with Gasteiger partial charge in [0.2, 0.25) is 0 Å². The van der Waals surface area contributed by atoms with Crippen molar-refractivity contribution in [2.75, 3.05) is 0 Å². The first-order valence-electron chi connectivity index (χ1n) is 12.5. The molecule has 0 spiro atoms. The summed E-state index contributed by atoms with van der Waals surface area (Å²) in [6.45, 7) is 9.22. The number of halogens is 2. The Morgan fingerprint density at radius 2 is 1.14 bits per heavy atom. The Balaban J connectivity index is 1.57. The molecule has 4 aromatic rings. The summed E-state index contributed by atoms with van der Waals surface area (Å²) in [4.78, 5) is 0. The van der Waals surface area contributed by atoms with Crippen LogP contribution in [0.5, 0.6) is 0 Å². The topological polar surface area (TPSA) is 26.3 Å². The second-order valence-corrected chi connectivity index (χ2v) is 53.2. The maximum atomic E-state index is 8.26. The molecule has 2 aromatic heterocycles. The van der Waals surface area contributed by atoms with Gasteiger partial charge in [0.05, 0.1) is 0 Å². The second kappa shape index (κ2) is 8.60. The zero-order valence-corrected chi connectivity index (χ0v) is 26.0. The molecule has 0 aliphatic heterocycles. The molecular formula is C30H29Cl2O2SiZr. The van der Waals surface area contributed by atoms with E-state index in [-0.39, 0.29) is 7.25 Å². The Kier molecular flexibility index (Phi) is 5.85. The van der Waals surface area contributed by atoms with Crippen molar-refractivity contribution >= 4 is 35.1 Å². The molecule has 2 aliphatic carbocycles. The average Bonchev–Trinajstić information content (AvgIpc) is 3.63. The summed E-state index contributed by atoms with van der Waals surface area (Å²) >= 11 is -4.64. The van der Waals surface area contributed by atoms with Gasteiger partial charge in [0, 0.05) is 0 Å². The zero-order chi connectivity index (χ0) is 25.3. The number of fused-ring (bicyclic) bond motifs is 2. The van der Waals surface area contributed by atoms with Gasteiger partial charge in [0.15, 0.2) is 0 Å². The molecular weight excluding hydrogens is 583 g/mol. The van der Waals surface area contributed by atoms with Gasteiger partial charge in [-0.1, -0.05) is 0 Å². The standard InChI is InChI=1S/2C14H11O.C2H7Si.2ClH.Zr/c2*1-10-7-11-3-2-4-13(14(11)8-10)12-5-6-15-9-12;1-3-2;;;/h2*2-9H,1H3;3H,1-2H3;2*1H;/q;;;;;+2/p-2. The maximum absolute atomic E-state index is 8.26. The molecule has 0 radical (unpaired) electrons. The van der Waals surface area contributed by atoms with Gasteiger partial charge in [-0.15, -0.1) is 0 Å². The zero-order valence-electron chi connectivity index (χ0n) is 20.9. The third-order valence-corrected chi connectivity index (χ3v) is 60.7. The Labute approximate surface area is 221 Å². The Bertz CT molecular complexity index is 1420. The van der Waals surface area contributed by atoms with Crippen LogP contribution in [0.25, 0.3) is 34.4 Å². The van der Waals surface area contributed by atoms with Crippen molar-refractivity contribution in [1.82, 2.24) is 0 Å². The summed E-state index contributed by atoms with van der Waals surface area (Å²) in [7, 11) is 16.5. The molecule has 0 N–H and O–H groups in total. The van der Waals surface area contributed by atoms with E-state index in [0.717, 1.165) is 11.1 Å². The quantitative estimate of drug-likeness (QED) is 0.210. The van der Waals surface area contributed by atoms with Gasteiger partial charge in [-0.2, -0.15) is 0 Å². The van der Waals surface area contributed by atoms with Crippen LogP contribution in [-0.4, -0.2) is 5.92 Å². The van der Waals surface area contributed by atoms with Gasteiger partial charge < -0.3 is 0 Å². The van der Waals surface area contributed by atoms with E-state index in [4.69, 9.17) is 25.9 Å². The van der Waals surface area contributed by atoms with Gasteiger partial charge in [0.25, 0.3) is 0 Å². The molecule has 183 valence electrons. The predicted molar refractivity (Wildman–Crippen MR) is 152 cm³/mol. The molecule has 6 rings (SSSR count). The molecule has 2 unspecified atom stereocenters. The van der Waals surface area contributed by atoms with Gasteiger partial charge in [0.1, 0.15) is 0 Å². The Morgan fingerprint density at radius 3 is 1.50 bits per heavy atom. The van der Waals surface area contributed by atoms with Crippen LogP contribution >= 0.6 is 17.0 Å². The SMILES string of the molecule is CC1=Cc2c(-c3ccoc3)cccc2[CH]1[Zr]([Cl])([Cl])([CH]1C(C)=Cc2c(-c3ccoc3)cccc21)[SiH](C)C. The number of hydrogen-bond acceptors (Lipinski definition) is 2. The van der Waals surface area contributed by atoms with E-state index >= 15 is 0 Å². The minimum atomic E-state index is -4.64. The third kappa shape index (κ3) is 3.38. The molecule has 36 heavy (non-hydrogen) atoms. The fourth-order valence-corrected chi connectivity index (χ4v) is 39.7. The first kappa shape index (κ1) is 24.5. The minimum absolute atomic E-state index is 0.0835.